The lowest BCUT2D eigenvalue weighted by molar-refractivity contribution is -0.222. The highest BCUT2D eigenvalue weighted by atomic mass is 16.8. The van der Waals surface area contributed by atoms with Crippen LogP contribution in [-0.2, 0) is 38.0 Å². The average molecular weight is 431 g/mol. The van der Waals surface area contributed by atoms with Gasteiger partial charge in [-0.15, -0.1) is 0 Å². The smallest absolute Gasteiger partial charge is 0.323 e. The van der Waals surface area contributed by atoms with Crippen molar-refractivity contribution in [2.75, 3.05) is 27.4 Å². The van der Waals surface area contributed by atoms with E-state index in [-0.39, 0.29) is 32.0 Å². The van der Waals surface area contributed by atoms with Crippen molar-refractivity contribution in [2.45, 2.75) is 90.5 Å². The van der Waals surface area contributed by atoms with Gasteiger partial charge in [0.15, 0.2) is 11.2 Å². The van der Waals surface area contributed by atoms with Gasteiger partial charge in [-0.3, -0.25) is 9.59 Å². The second kappa shape index (κ2) is 8.73. The number of hydrogen-bond donors (Lipinski definition) is 0. The van der Waals surface area contributed by atoms with Crippen molar-refractivity contribution in [2.24, 2.45) is 11.3 Å². The molecule has 2 rings (SSSR count). The van der Waals surface area contributed by atoms with Crippen LogP contribution in [0.4, 0.5) is 0 Å². The number of esters is 2. The molecule has 1 aliphatic carbocycles. The van der Waals surface area contributed by atoms with Gasteiger partial charge in [0.2, 0.25) is 0 Å². The van der Waals surface area contributed by atoms with Gasteiger partial charge in [-0.25, -0.2) is 0 Å². The minimum atomic E-state index is -1.47. The van der Waals surface area contributed by atoms with E-state index in [1.807, 2.05) is 34.6 Å². The number of hydrogen-bond acceptors (Lipinski definition) is 8. The van der Waals surface area contributed by atoms with Crippen LogP contribution in [-0.4, -0.2) is 68.6 Å². The summed E-state index contributed by atoms with van der Waals surface area (Å²) >= 11 is 0. The van der Waals surface area contributed by atoms with Gasteiger partial charge >= 0.3 is 11.9 Å². The SMILES string of the molecule is CCOC(=O)C1(C(=O)OCC)C[C@H](C)C2(C1)O[C@@H](C(C)(C)OC)[C@H](C(C)(C)OC)O2. The van der Waals surface area contributed by atoms with Gasteiger partial charge in [0.05, 0.1) is 24.4 Å². The molecular weight excluding hydrogens is 392 g/mol. The van der Waals surface area contributed by atoms with Crippen molar-refractivity contribution in [1.82, 2.24) is 0 Å². The Morgan fingerprint density at radius 3 is 1.63 bits per heavy atom. The molecule has 0 N–H and O–H groups in total. The van der Waals surface area contributed by atoms with Crippen molar-refractivity contribution >= 4 is 11.9 Å². The Morgan fingerprint density at radius 2 is 1.30 bits per heavy atom. The number of ether oxygens (including phenoxy) is 6. The summed E-state index contributed by atoms with van der Waals surface area (Å²) in [5, 5.41) is 0. The topological polar surface area (TPSA) is 89.5 Å². The first-order valence-corrected chi connectivity index (χ1v) is 10.7. The Balaban J connectivity index is 2.50. The molecule has 0 aromatic rings. The summed E-state index contributed by atoms with van der Waals surface area (Å²) in [5.74, 6) is -2.63. The average Bonchev–Trinajstić information content (AvgIpc) is 3.23. The van der Waals surface area contributed by atoms with E-state index in [2.05, 4.69) is 0 Å². The van der Waals surface area contributed by atoms with E-state index in [1.165, 1.54) is 0 Å². The molecule has 0 bridgehead atoms. The summed E-state index contributed by atoms with van der Waals surface area (Å²) in [6.45, 7) is 13.3. The van der Waals surface area contributed by atoms with E-state index < -0.39 is 46.6 Å². The Bertz CT molecular complexity index is 599. The molecule has 174 valence electrons. The minimum Gasteiger partial charge on any atom is -0.465 e. The van der Waals surface area contributed by atoms with Crippen LogP contribution in [0.2, 0.25) is 0 Å². The van der Waals surface area contributed by atoms with Gasteiger partial charge in [-0.05, 0) is 48.0 Å². The third-order valence-corrected chi connectivity index (χ3v) is 6.64. The van der Waals surface area contributed by atoms with E-state index in [9.17, 15) is 9.59 Å². The molecule has 8 heteroatoms. The van der Waals surface area contributed by atoms with E-state index in [0.717, 1.165) is 0 Å². The number of rotatable bonds is 8. The van der Waals surface area contributed by atoms with Crippen LogP contribution in [0.25, 0.3) is 0 Å². The van der Waals surface area contributed by atoms with E-state index >= 15 is 0 Å². The molecule has 1 aliphatic heterocycles. The van der Waals surface area contributed by atoms with Gasteiger partial charge < -0.3 is 28.4 Å². The second-order valence-corrected chi connectivity index (χ2v) is 9.31. The third kappa shape index (κ3) is 4.11. The van der Waals surface area contributed by atoms with Gasteiger partial charge in [-0.2, -0.15) is 0 Å². The summed E-state index contributed by atoms with van der Waals surface area (Å²) in [6, 6.07) is 0. The normalized spacial score (nSPS) is 28.0. The van der Waals surface area contributed by atoms with Gasteiger partial charge in [0.1, 0.15) is 12.2 Å². The number of carbonyl (C=O) groups excluding carboxylic acids is 2. The van der Waals surface area contributed by atoms with Crippen LogP contribution >= 0.6 is 0 Å². The number of carbonyl (C=O) groups is 2. The van der Waals surface area contributed by atoms with Crippen LogP contribution in [0.15, 0.2) is 0 Å². The first-order valence-electron chi connectivity index (χ1n) is 10.7. The summed E-state index contributed by atoms with van der Waals surface area (Å²) in [5.41, 5.74) is -2.86. The van der Waals surface area contributed by atoms with Crippen LogP contribution in [0.5, 0.6) is 0 Å². The van der Waals surface area contributed by atoms with E-state index in [0.29, 0.717) is 0 Å². The van der Waals surface area contributed by atoms with Crippen LogP contribution < -0.4 is 0 Å². The zero-order chi connectivity index (χ0) is 23.0. The maximum absolute atomic E-state index is 13.0. The molecule has 0 radical (unpaired) electrons. The van der Waals surface area contributed by atoms with E-state index in [1.54, 1.807) is 28.1 Å². The minimum absolute atomic E-state index is 0.0193. The first-order chi connectivity index (χ1) is 13.9. The predicted molar refractivity (Wildman–Crippen MR) is 109 cm³/mol. The van der Waals surface area contributed by atoms with Crippen molar-refractivity contribution in [3.05, 3.63) is 0 Å². The lowest BCUT2D eigenvalue weighted by Gasteiger charge is -2.38. The highest BCUT2D eigenvalue weighted by molar-refractivity contribution is 6.00. The molecular formula is C22H38O8. The molecule has 0 aromatic heterocycles. The Morgan fingerprint density at radius 1 is 0.900 bits per heavy atom. The molecule has 1 heterocycles. The first kappa shape index (κ1) is 25.0. The monoisotopic (exact) mass is 430 g/mol. The third-order valence-electron chi connectivity index (χ3n) is 6.64. The fourth-order valence-corrected chi connectivity index (χ4v) is 4.42. The highest BCUT2D eigenvalue weighted by Crippen LogP contribution is 2.57. The van der Waals surface area contributed by atoms with Crippen LogP contribution in [0.3, 0.4) is 0 Å². The van der Waals surface area contributed by atoms with Crippen LogP contribution in [0, 0.1) is 11.3 Å². The Kier molecular flexibility index (Phi) is 7.29. The maximum Gasteiger partial charge on any atom is 0.323 e. The predicted octanol–water partition coefficient (Wildman–Crippen LogP) is 2.86. The second-order valence-electron chi connectivity index (χ2n) is 9.31. The lowest BCUT2D eigenvalue weighted by atomic mass is 9.85. The molecule has 30 heavy (non-hydrogen) atoms. The van der Waals surface area contributed by atoms with Crippen molar-refractivity contribution < 1.29 is 38.0 Å². The van der Waals surface area contributed by atoms with Gasteiger partial charge in [0, 0.05) is 26.6 Å². The molecule has 0 aromatic carbocycles. The molecule has 0 amide bonds. The molecule has 0 unspecified atom stereocenters. The van der Waals surface area contributed by atoms with Crippen LogP contribution in [0.1, 0.15) is 61.3 Å². The Hall–Kier alpha value is -1.22. The largest absolute Gasteiger partial charge is 0.465 e. The van der Waals surface area contributed by atoms with Crippen molar-refractivity contribution in [1.29, 1.82) is 0 Å². The quantitative estimate of drug-likeness (QED) is 0.429. The van der Waals surface area contributed by atoms with Crippen molar-refractivity contribution in [3.63, 3.8) is 0 Å². The number of methoxy groups -OCH3 is 2. The molecule has 8 nitrogen and oxygen atoms in total. The molecule has 1 saturated heterocycles. The summed E-state index contributed by atoms with van der Waals surface area (Å²) < 4.78 is 35.1. The van der Waals surface area contributed by atoms with Crippen molar-refractivity contribution in [3.8, 4) is 0 Å². The zero-order valence-corrected chi connectivity index (χ0v) is 19.8. The summed E-state index contributed by atoms with van der Waals surface area (Å²) in [6.07, 6.45) is -0.740. The standard InChI is InChI=1S/C22H38O8/c1-10-27-17(23)21(18(24)28-11-2)12-14(3)22(13-21)29-15(19(4,5)25-8)16(30-22)20(6,7)26-9/h14-16H,10-13H2,1-9H3/t14-,15+,16+/m0/s1. The molecule has 2 aliphatic rings. The molecule has 1 saturated carbocycles. The fourth-order valence-electron chi connectivity index (χ4n) is 4.42. The lowest BCUT2D eigenvalue weighted by Crippen LogP contribution is -2.53. The summed E-state index contributed by atoms with van der Waals surface area (Å²) in [7, 11) is 3.23. The molecule has 2 fully saturated rings. The highest BCUT2D eigenvalue weighted by Gasteiger charge is 2.69. The summed E-state index contributed by atoms with van der Waals surface area (Å²) in [4.78, 5) is 25.9. The van der Waals surface area contributed by atoms with Gasteiger partial charge in [-0.1, -0.05) is 6.92 Å². The zero-order valence-electron chi connectivity index (χ0n) is 19.8. The fraction of sp³-hybridized carbons (Fsp3) is 0.909. The van der Waals surface area contributed by atoms with Gasteiger partial charge in [0.25, 0.3) is 0 Å². The molecule has 1 spiro atoms. The Labute approximate surface area is 179 Å². The maximum atomic E-state index is 13.0. The van der Waals surface area contributed by atoms with E-state index in [4.69, 9.17) is 28.4 Å². The molecule has 3 atom stereocenters.